The lowest BCUT2D eigenvalue weighted by atomic mass is 10.1. The lowest BCUT2D eigenvalue weighted by Crippen LogP contribution is -2.42. The molecular weight excluding hydrogens is 214 g/mol. The van der Waals surface area contributed by atoms with Gasteiger partial charge in [-0.2, -0.15) is 9.40 Å². The monoisotopic (exact) mass is 229 g/mol. The average molecular weight is 229 g/mol. The van der Waals surface area contributed by atoms with Crippen LogP contribution in [0.5, 0.6) is 0 Å². The van der Waals surface area contributed by atoms with Gasteiger partial charge in [0, 0.05) is 12.6 Å². The highest BCUT2D eigenvalue weighted by molar-refractivity contribution is 7.89. The second-order valence-corrected chi connectivity index (χ2v) is 5.74. The molecule has 0 aliphatic carbocycles. The summed E-state index contributed by atoms with van der Waals surface area (Å²) < 4.78 is 25.8. The highest BCUT2D eigenvalue weighted by Gasteiger charge is 2.31. The SMILES string of the molecule is CC1CCCCN1S(=O)(=O)c1ccn[nH]1. The van der Waals surface area contributed by atoms with E-state index in [1.54, 1.807) is 4.31 Å². The molecule has 84 valence electrons. The van der Waals surface area contributed by atoms with Crippen molar-refractivity contribution < 1.29 is 8.42 Å². The topological polar surface area (TPSA) is 66.1 Å². The van der Waals surface area contributed by atoms with E-state index in [0.29, 0.717) is 6.54 Å². The van der Waals surface area contributed by atoms with E-state index in [9.17, 15) is 8.42 Å². The smallest absolute Gasteiger partial charge is 0.260 e. The molecule has 0 aromatic carbocycles. The summed E-state index contributed by atoms with van der Waals surface area (Å²) in [5.74, 6) is 0. The summed E-state index contributed by atoms with van der Waals surface area (Å²) >= 11 is 0. The van der Waals surface area contributed by atoms with Crippen molar-refractivity contribution in [2.75, 3.05) is 6.54 Å². The van der Waals surface area contributed by atoms with E-state index in [2.05, 4.69) is 10.2 Å². The molecule has 0 radical (unpaired) electrons. The lowest BCUT2D eigenvalue weighted by molar-refractivity contribution is 0.268. The van der Waals surface area contributed by atoms with Gasteiger partial charge in [-0.3, -0.25) is 5.10 Å². The Labute approximate surface area is 89.5 Å². The Morgan fingerprint density at radius 3 is 2.93 bits per heavy atom. The number of aromatic nitrogens is 2. The van der Waals surface area contributed by atoms with Crippen molar-refractivity contribution in [2.24, 2.45) is 0 Å². The summed E-state index contributed by atoms with van der Waals surface area (Å²) in [6, 6.07) is 1.59. The molecule has 0 amide bonds. The van der Waals surface area contributed by atoms with Crippen LogP contribution < -0.4 is 0 Å². The summed E-state index contributed by atoms with van der Waals surface area (Å²) in [7, 11) is -3.35. The third-order valence-corrected chi connectivity index (χ3v) is 4.75. The van der Waals surface area contributed by atoms with Gasteiger partial charge in [0.15, 0.2) is 5.03 Å². The standard InChI is InChI=1S/C9H15N3O2S/c1-8-4-2-3-7-12(8)15(13,14)9-5-6-10-11-9/h5-6,8H,2-4,7H2,1H3,(H,10,11). The van der Waals surface area contributed by atoms with Gasteiger partial charge in [-0.25, -0.2) is 8.42 Å². The van der Waals surface area contributed by atoms with Crippen LogP contribution in [0.2, 0.25) is 0 Å². The van der Waals surface area contributed by atoms with Crippen molar-refractivity contribution in [3.05, 3.63) is 12.3 Å². The van der Waals surface area contributed by atoms with Gasteiger partial charge < -0.3 is 0 Å². The Morgan fingerprint density at radius 1 is 1.53 bits per heavy atom. The molecule has 1 unspecified atom stereocenters. The van der Waals surface area contributed by atoms with E-state index in [0.717, 1.165) is 19.3 Å². The first-order valence-electron chi connectivity index (χ1n) is 5.13. The Bertz CT molecular complexity index is 413. The van der Waals surface area contributed by atoms with Crippen LogP contribution in [0, 0.1) is 0 Å². The van der Waals surface area contributed by atoms with Crippen LogP contribution >= 0.6 is 0 Å². The van der Waals surface area contributed by atoms with E-state index in [1.807, 2.05) is 6.92 Å². The van der Waals surface area contributed by atoms with Crippen LogP contribution in [-0.2, 0) is 10.0 Å². The zero-order valence-electron chi connectivity index (χ0n) is 8.68. The molecule has 1 aliphatic heterocycles. The van der Waals surface area contributed by atoms with E-state index >= 15 is 0 Å². The van der Waals surface area contributed by atoms with Crippen molar-refractivity contribution in [1.82, 2.24) is 14.5 Å². The first-order valence-corrected chi connectivity index (χ1v) is 6.57. The van der Waals surface area contributed by atoms with Gasteiger partial charge in [-0.1, -0.05) is 6.42 Å². The number of sulfonamides is 1. The van der Waals surface area contributed by atoms with E-state index < -0.39 is 10.0 Å². The molecule has 1 aromatic heterocycles. The molecular formula is C9H15N3O2S. The van der Waals surface area contributed by atoms with Crippen LogP contribution in [-0.4, -0.2) is 35.5 Å². The molecule has 1 N–H and O–H groups in total. The third-order valence-electron chi connectivity index (χ3n) is 2.80. The fraction of sp³-hybridized carbons (Fsp3) is 0.667. The van der Waals surface area contributed by atoms with Crippen LogP contribution in [0.25, 0.3) is 0 Å². The number of piperidine rings is 1. The number of aromatic amines is 1. The molecule has 6 heteroatoms. The summed E-state index contributed by atoms with van der Waals surface area (Å²) in [6.07, 6.45) is 4.45. The highest BCUT2D eigenvalue weighted by atomic mass is 32.2. The Hall–Kier alpha value is -0.880. The Balaban J connectivity index is 2.29. The third kappa shape index (κ3) is 1.91. The average Bonchev–Trinajstić information content (AvgIpc) is 2.71. The maximum atomic E-state index is 12.1. The second kappa shape index (κ2) is 3.94. The van der Waals surface area contributed by atoms with Crippen molar-refractivity contribution in [3.8, 4) is 0 Å². The van der Waals surface area contributed by atoms with E-state index in [-0.39, 0.29) is 11.1 Å². The molecule has 0 bridgehead atoms. The maximum Gasteiger partial charge on any atom is 0.260 e. The number of H-pyrrole nitrogens is 1. The number of rotatable bonds is 2. The van der Waals surface area contributed by atoms with Gasteiger partial charge >= 0.3 is 0 Å². The minimum atomic E-state index is -3.35. The largest absolute Gasteiger partial charge is 0.266 e. The molecule has 1 atom stereocenters. The lowest BCUT2D eigenvalue weighted by Gasteiger charge is -2.31. The van der Waals surface area contributed by atoms with Gasteiger partial charge in [0.1, 0.15) is 0 Å². The van der Waals surface area contributed by atoms with Crippen molar-refractivity contribution in [2.45, 2.75) is 37.3 Å². The Kier molecular flexibility index (Phi) is 2.79. The Morgan fingerprint density at radius 2 is 2.33 bits per heavy atom. The highest BCUT2D eigenvalue weighted by Crippen LogP contribution is 2.23. The fourth-order valence-corrected chi connectivity index (χ4v) is 3.54. The molecule has 15 heavy (non-hydrogen) atoms. The quantitative estimate of drug-likeness (QED) is 0.821. The predicted molar refractivity (Wildman–Crippen MR) is 55.8 cm³/mol. The molecule has 0 saturated carbocycles. The predicted octanol–water partition coefficient (Wildman–Crippen LogP) is 0.973. The van der Waals surface area contributed by atoms with Crippen molar-refractivity contribution in [3.63, 3.8) is 0 Å². The first kappa shape index (κ1) is 10.6. The van der Waals surface area contributed by atoms with E-state index in [1.165, 1.54) is 12.3 Å². The van der Waals surface area contributed by atoms with Crippen LogP contribution in [0.1, 0.15) is 26.2 Å². The second-order valence-electron chi connectivity index (χ2n) is 3.88. The zero-order chi connectivity index (χ0) is 10.9. The molecule has 1 saturated heterocycles. The summed E-state index contributed by atoms with van der Waals surface area (Å²) in [5.41, 5.74) is 0. The van der Waals surface area contributed by atoms with E-state index in [4.69, 9.17) is 0 Å². The molecule has 2 rings (SSSR count). The van der Waals surface area contributed by atoms with Gasteiger partial charge in [0.05, 0.1) is 6.20 Å². The first-order chi connectivity index (χ1) is 7.12. The molecule has 1 aliphatic rings. The van der Waals surface area contributed by atoms with Gasteiger partial charge in [-0.05, 0) is 25.8 Å². The van der Waals surface area contributed by atoms with Gasteiger partial charge in [0.25, 0.3) is 10.0 Å². The summed E-state index contributed by atoms with van der Waals surface area (Å²) in [4.78, 5) is 0. The minimum absolute atomic E-state index is 0.0899. The fourth-order valence-electron chi connectivity index (χ4n) is 1.94. The molecule has 2 heterocycles. The van der Waals surface area contributed by atoms with Crippen LogP contribution in [0.3, 0.4) is 0 Å². The number of hydrogen-bond donors (Lipinski definition) is 1. The minimum Gasteiger partial charge on any atom is -0.266 e. The summed E-state index contributed by atoms with van der Waals surface area (Å²) in [5, 5.41) is 6.38. The van der Waals surface area contributed by atoms with Crippen LogP contribution in [0.4, 0.5) is 0 Å². The maximum absolute atomic E-state index is 12.1. The number of nitrogens with one attached hydrogen (secondary N) is 1. The number of hydrogen-bond acceptors (Lipinski definition) is 3. The van der Waals surface area contributed by atoms with Gasteiger partial charge in [0.2, 0.25) is 0 Å². The number of nitrogens with zero attached hydrogens (tertiary/aromatic N) is 2. The van der Waals surface area contributed by atoms with Gasteiger partial charge in [-0.15, -0.1) is 0 Å². The molecule has 1 aromatic rings. The summed E-state index contributed by atoms with van der Waals surface area (Å²) in [6.45, 7) is 2.57. The molecule has 5 nitrogen and oxygen atoms in total. The molecule has 1 fully saturated rings. The normalized spacial score (nSPS) is 24.2. The molecule has 0 spiro atoms. The van der Waals surface area contributed by atoms with Crippen LogP contribution in [0.15, 0.2) is 17.3 Å². The van der Waals surface area contributed by atoms with Crippen molar-refractivity contribution >= 4 is 10.0 Å². The zero-order valence-corrected chi connectivity index (χ0v) is 9.50. The van der Waals surface area contributed by atoms with Crippen molar-refractivity contribution in [1.29, 1.82) is 0 Å².